The Kier molecular flexibility index (Phi) is 5.28. The molecule has 28 heavy (non-hydrogen) atoms. The van der Waals surface area contributed by atoms with Crippen LogP contribution < -0.4 is 10.6 Å². The molecule has 4 amide bonds. The third kappa shape index (κ3) is 3.94. The maximum atomic E-state index is 12.8. The molecule has 0 saturated heterocycles. The zero-order chi connectivity index (χ0) is 20.5. The fraction of sp³-hybridized carbons (Fsp3) is 0.167. The minimum atomic E-state index is -4.66. The monoisotopic (exact) mass is 411 g/mol. The molecule has 1 aliphatic heterocycles. The van der Waals surface area contributed by atoms with Crippen molar-refractivity contribution in [1.82, 2.24) is 10.2 Å². The highest BCUT2D eigenvalue weighted by atomic mass is 35.5. The number of alkyl halides is 3. The van der Waals surface area contributed by atoms with Crippen molar-refractivity contribution in [2.24, 2.45) is 0 Å². The number of nitrogens with zero attached hydrogens (tertiary/aromatic N) is 1. The second kappa shape index (κ2) is 7.51. The molecule has 0 spiro atoms. The number of nitrogens with one attached hydrogen (secondary N) is 2. The molecule has 2 aromatic rings. The van der Waals surface area contributed by atoms with E-state index < -0.39 is 34.6 Å². The second-order valence-electron chi connectivity index (χ2n) is 5.88. The molecule has 2 N–H and O–H groups in total. The average molecular weight is 412 g/mol. The number of hydrogen-bond donors (Lipinski definition) is 2. The lowest BCUT2D eigenvalue weighted by atomic mass is 10.1. The SMILES string of the molecule is O=C(NCCN1C(=O)c2ccccc2C1=O)Nc1ccc(Cl)c(C(F)(F)F)c1. The lowest BCUT2D eigenvalue weighted by Gasteiger charge is -2.15. The van der Waals surface area contributed by atoms with Crippen LogP contribution in [0.2, 0.25) is 5.02 Å². The van der Waals surface area contributed by atoms with Crippen LogP contribution in [-0.2, 0) is 6.18 Å². The number of amides is 4. The summed E-state index contributed by atoms with van der Waals surface area (Å²) in [5.74, 6) is -0.925. The molecule has 1 heterocycles. The fourth-order valence-electron chi connectivity index (χ4n) is 2.72. The molecule has 0 saturated carbocycles. The van der Waals surface area contributed by atoms with Gasteiger partial charge in [0.2, 0.25) is 0 Å². The van der Waals surface area contributed by atoms with Gasteiger partial charge in [-0.25, -0.2) is 4.79 Å². The zero-order valence-electron chi connectivity index (χ0n) is 14.1. The van der Waals surface area contributed by atoms with E-state index in [1.54, 1.807) is 12.1 Å². The van der Waals surface area contributed by atoms with Gasteiger partial charge in [-0.05, 0) is 30.3 Å². The van der Waals surface area contributed by atoms with Gasteiger partial charge in [0.25, 0.3) is 11.8 Å². The van der Waals surface area contributed by atoms with E-state index in [-0.39, 0.29) is 29.9 Å². The van der Waals surface area contributed by atoms with E-state index in [4.69, 9.17) is 11.6 Å². The Labute approximate surface area is 162 Å². The Bertz CT molecular complexity index is 928. The Morgan fingerprint density at radius 3 is 2.21 bits per heavy atom. The normalized spacial score (nSPS) is 13.5. The highest BCUT2D eigenvalue weighted by Crippen LogP contribution is 2.36. The van der Waals surface area contributed by atoms with Crippen molar-refractivity contribution >= 4 is 35.1 Å². The largest absolute Gasteiger partial charge is 0.417 e. The van der Waals surface area contributed by atoms with Gasteiger partial charge in [-0.2, -0.15) is 13.2 Å². The van der Waals surface area contributed by atoms with Crippen molar-refractivity contribution in [3.8, 4) is 0 Å². The van der Waals surface area contributed by atoms with E-state index >= 15 is 0 Å². The number of urea groups is 1. The molecule has 146 valence electrons. The van der Waals surface area contributed by atoms with E-state index in [1.807, 2.05) is 0 Å². The van der Waals surface area contributed by atoms with Crippen molar-refractivity contribution in [3.63, 3.8) is 0 Å². The smallest absolute Gasteiger partial charge is 0.336 e. The Hall–Kier alpha value is -3.07. The number of anilines is 1. The summed E-state index contributed by atoms with van der Waals surface area (Å²) in [4.78, 5) is 37.3. The first-order valence-corrected chi connectivity index (χ1v) is 8.43. The lowest BCUT2D eigenvalue weighted by Crippen LogP contribution is -2.39. The molecule has 0 atom stereocenters. The number of halogens is 4. The number of imide groups is 1. The minimum absolute atomic E-state index is 0.0724. The fourth-order valence-corrected chi connectivity index (χ4v) is 2.94. The van der Waals surface area contributed by atoms with Gasteiger partial charge in [-0.1, -0.05) is 23.7 Å². The molecule has 10 heteroatoms. The summed E-state index contributed by atoms with van der Waals surface area (Å²) in [5.41, 5.74) is -0.594. The van der Waals surface area contributed by atoms with E-state index in [9.17, 15) is 27.6 Å². The number of carbonyl (C=O) groups is 3. The number of benzene rings is 2. The average Bonchev–Trinajstić information content (AvgIpc) is 2.87. The molecule has 0 unspecified atom stereocenters. The van der Waals surface area contributed by atoms with Crippen LogP contribution in [0.25, 0.3) is 0 Å². The van der Waals surface area contributed by atoms with E-state index in [2.05, 4.69) is 10.6 Å². The van der Waals surface area contributed by atoms with Crippen LogP contribution in [0, 0.1) is 0 Å². The third-order valence-corrected chi connectivity index (χ3v) is 4.36. The van der Waals surface area contributed by atoms with Gasteiger partial charge < -0.3 is 10.6 Å². The van der Waals surface area contributed by atoms with Crippen LogP contribution in [0.4, 0.5) is 23.7 Å². The molecular formula is C18H13ClF3N3O3. The number of fused-ring (bicyclic) bond motifs is 1. The van der Waals surface area contributed by atoms with Gasteiger partial charge in [0.1, 0.15) is 0 Å². The van der Waals surface area contributed by atoms with Crippen LogP contribution in [0.15, 0.2) is 42.5 Å². The van der Waals surface area contributed by atoms with Gasteiger partial charge in [0, 0.05) is 18.8 Å². The first kappa shape index (κ1) is 19.7. The molecule has 0 fully saturated rings. The van der Waals surface area contributed by atoms with Gasteiger partial charge in [0.15, 0.2) is 0 Å². The number of rotatable bonds is 4. The summed E-state index contributed by atoms with van der Waals surface area (Å²) >= 11 is 5.52. The van der Waals surface area contributed by atoms with Crippen LogP contribution >= 0.6 is 11.6 Å². The van der Waals surface area contributed by atoms with Crippen molar-refractivity contribution < 1.29 is 27.6 Å². The van der Waals surface area contributed by atoms with Crippen LogP contribution in [-0.4, -0.2) is 35.8 Å². The Morgan fingerprint density at radius 1 is 1.04 bits per heavy atom. The predicted octanol–water partition coefficient (Wildman–Crippen LogP) is 3.78. The quantitative estimate of drug-likeness (QED) is 0.752. The van der Waals surface area contributed by atoms with E-state index in [0.29, 0.717) is 6.07 Å². The van der Waals surface area contributed by atoms with Crippen molar-refractivity contribution in [2.45, 2.75) is 6.18 Å². The van der Waals surface area contributed by atoms with Crippen LogP contribution in [0.1, 0.15) is 26.3 Å². The van der Waals surface area contributed by atoms with Gasteiger partial charge >= 0.3 is 12.2 Å². The van der Waals surface area contributed by atoms with Crippen molar-refractivity contribution in [3.05, 3.63) is 64.2 Å². The van der Waals surface area contributed by atoms with Gasteiger partial charge in [0.05, 0.1) is 21.7 Å². The van der Waals surface area contributed by atoms with E-state index in [1.165, 1.54) is 18.2 Å². The molecule has 3 rings (SSSR count). The summed E-state index contributed by atoms with van der Waals surface area (Å²) < 4.78 is 38.5. The molecule has 0 bridgehead atoms. The summed E-state index contributed by atoms with van der Waals surface area (Å²) in [6, 6.07) is 8.53. The minimum Gasteiger partial charge on any atom is -0.336 e. The Balaban J connectivity index is 1.56. The predicted molar refractivity (Wildman–Crippen MR) is 95.3 cm³/mol. The maximum absolute atomic E-state index is 12.8. The summed E-state index contributed by atoms with van der Waals surface area (Å²) in [5, 5.41) is 4.16. The first-order valence-electron chi connectivity index (χ1n) is 8.05. The van der Waals surface area contributed by atoms with Crippen LogP contribution in [0.3, 0.4) is 0 Å². The third-order valence-electron chi connectivity index (χ3n) is 4.03. The number of carbonyl (C=O) groups excluding carboxylic acids is 3. The molecule has 2 aromatic carbocycles. The second-order valence-corrected chi connectivity index (χ2v) is 6.29. The standard InChI is InChI=1S/C18H13ClF3N3O3/c19-14-6-5-10(9-13(14)18(20,21)22)24-17(28)23-7-8-25-15(26)11-3-1-2-4-12(11)16(25)27/h1-6,9H,7-8H2,(H2,23,24,28). The van der Waals surface area contributed by atoms with Gasteiger partial charge in [-0.3, -0.25) is 14.5 Å². The number of hydrogen-bond acceptors (Lipinski definition) is 3. The molecule has 1 aliphatic rings. The molecule has 6 nitrogen and oxygen atoms in total. The molecular weight excluding hydrogens is 399 g/mol. The van der Waals surface area contributed by atoms with Crippen molar-refractivity contribution in [1.29, 1.82) is 0 Å². The topological polar surface area (TPSA) is 78.5 Å². The zero-order valence-corrected chi connectivity index (χ0v) is 14.9. The molecule has 0 radical (unpaired) electrons. The van der Waals surface area contributed by atoms with E-state index in [0.717, 1.165) is 11.0 Å². The summed E-state index contributed by atoms with van der Waals surface area (Å²) in [7, 11) is 0. The molecule has 0 aliphatic carbocycles. The lowest BCUT2D eigenvalue weighted by molar-refractivity contribution is -0.137. The first-order chi connectivity index (χ1) is 13.2. The van der Waals surface area contributed by atoms with Gasteiger partial charge in [-0.15, -0.1) is 0 Å². The summed E-state index contributed by atoms with van der Waals surface area (Å²) in [6.07, 6.45) is -4.66. The maximum Gasteiger partial charge on any atom is 0.417 e. The van der Waals surface area contributed by atoms with Crippen LogP contribution in [0.5, 0.6) is 0 Å². The highest BCUT2D eigenvalue weighted by molar-refractivity contribution is 6.31. The Morgan fingerprint density at radius 2 is 1.64 bits per heavy atom. The molecule has 0 aromatic heterocycles. The van der Waals surface area contributed by atoms with Crippen molar-refractivity contribution in [2.75, 3.05) is 18.4 Å². The summed E-state index contributed by atoms with van der Waals surface area (Å²) in [6.45, 7) is -0.148. The highest BCUT2D eigenvalue weighted by Gasteiger charge is 2.35.